The first-order valence-corrected chi connectivity index (χ1v) is 9.74. The Balaban J connectivity index is 0.00000364. The van der Waals surface area contributed by atoms with Crippen LogP contribution >= 0.6 is 24.0 Å². The van der Waals surface area contributed by atoms with Crippen molar-refractivity contribution in [1.29, 1.82) is 0 Å². The van der Waals surface area contributed by atoms with Gasteiger partial charge >= 0.3 is 0 Å². The Bertz CT molecular complexity index is 510. The van der Waals surface area contributed by atoms with Crippen LogP contribution in [0, 0.1) is 0 Å². The molecule has 2 atom stereocenters. The molecule has 2 unspecified atom stereocenters. The van der Waals surface area contributed by atoms with Gasteiger partial charge in [-0.05, 0) is 38.2 Å². The van der Waals surface area contributed by atoms with Gasteiger partial charge in [-0.15, -0.1) is 24.0 Å². The lowest BCUT2D eigenvalue weighted by molar-refractivity contribution is 0.0171. The molecular weight excluding hydrogens is 457 g/mol. The van der Waals surface area contributed by atoms with Gasteiger partial charge in [-0.25, -0.2) is 0 Å². The van der Waals surface area contributed by atoms with Gasteiger partial charge in [-0.2, -0.15) is 0 Å². The van der Waals surface area contributed by atoms with E-state index < -0.39 is 6.10 Å². The monoisotopic (exact) mass is 491 g/mol. The van der Waals surface area contributed by atoms with Crippen LogP contribution < -0.4 is 10.6 Å². The molecule has 0 bridgehead atoms. The van der Waals surface area contributed by atoms with Gasteiger partial charge < -0.3 is 25.2 Å². The summed E-state index contributed by atoms with van der Waals surface area (Å²) in [5, 5.41) is 16.7. The molecule has 7 heteroatoms. The van der Waals surface area contributed by atoms with Crippen LogP contribution in [0.25, 0.3) is 0 Å². The Morgan fingerprint density at radius 1 is 1.33 bits per heavy atom. The van der Waals surface area contributed by atoms with E-state index in [-0.39, 0.29) is 30.1 Å². The van der Waals surface area contributed by atoms with E-state index in [1.807, 2.05) is 37.3 Å². The molecule has 6 nitrogen and oxygen atoms in total. The molecule has 1 fully saturated rings. The number of rotatable bonds is 11. The number of guanidine groups is 1. The van der Waals surface area contributed by atoms with E-state index in [9.17, 15) is 5.11 Å². The number of aliphatic hydroxyl groups excluding tert-OH is 1. The molecule has 1 heterocycles. The van der Waals surface area contributed by atoms with Gasteiger partial charge in [-0.3, -0.25) is 4.99 Å². The van der Waals surface area contributed by atoms with Crippen LogP contribution in [0.3, 0.4) is 0 Å². The Labute approximate surface area is 180 Å². The molecule has 1 aromatic carbocycles. The summed E-state index contributed by atoms with van der Waals surface area (Å²) in [6.07, 6.45) is 3.61. The smallest absolute Gasteiger partial charge is 0.191 e. The minimum absolute atomic E-state index is 0. The van der Waals surface area contributed by atoms with Gasteiger partial charge in [0.15, 0.2) is 5.96 Å². The fourth-order valence-corrected chi connectivity index (χ4v) is 2.86. The number of nitrogens with zero attached hydrogens (tertiary/aromatic N) is 1. The van der Waals surface area contributed by atoms with E-state index in [0.29, 0.717) is 32.7 Å². The molecule has 1 aliphatic rings. The van der Waals surface area contributed by atoms with Crippen molar-refractivity contribution < 1.29 is 14.6 Å². The second-order valence-electron chi connectivity index (χ2n) is 6.47. The predicted molar refractivity (Wildman–Crippen MR) is 120 cm³/mol. The van der Waals surface area contributed by atoms with Crippen molar-refractivity contribution in [2.75, 3.05) is 39.5 Å². The Kier molecular flexibility index (Phi) is 13.5. The molecule has 0 amide bonds. The van der Waals surface area contributed by atoms with Crippen LogP contribution in [0.15, 0.2) is 35.3 Å². The van der Waals surface area contributed by atoms with Crippen molar-refractivity contribution >= 4 is 29.9 Å². The fraction of sp³-hybridized carbons (Fsp3) is 0.650. The third-order valence-electron chi connectivity index (χ3n) is 4.28. The van der Waals surface area contributed by atoms with Gasteiger partial charge in [0, 0.05) is 32.8 Å². The van der Waals surface area contributed by atoms with Crippen molar-refractivity contribution in [3.8, 4) is 0 Å². The van der Waals surface area contributed by atoms with Gasteiger partial charge in [-0.1, -0.05) is 30.3 Å². The zero-order valence-corrected chi connectivity index (χ0v) is 18.6. The van der Waals surface area contributed by atoms with Gasteiger partial charge in [0.05, 0.1) is 18.8 Å². The predicted octanol–water partition coefficient (Wildman–Crippen LogP) is 2.87. The van der Waals surface area contributed by atoms with Crippen molar-refractivity contribution in [3.05, 3.63) is 35.9 Å². The van der Waals surface area contributed by atoms with Crippen molar-refractivity contribution in [1.82, 2.24) is 10.6 Å². The van der Waals surface area contributed by atoms with Crippen molar-refractivity contribution in [2.24, 2.45) is 4.99 Å². The maximum absolute atomic E-state index is 10.2. The van der Waals surface area contributed by atoms with Crippen LogP contribution in [-0.4, -0.2) is 56.6 Å². The van der Waals surface area contributed by atoms with E-state index in [1.54, 1.807) is 0 Å². The Morgan fingerprint density at radius 2 is 2.15 bits per heavy atom. The number of hydrogen-bond acceptors (Lipinski definition) is 4. The second-order valence-corrected chi connectivity index (χ2v) is 6.47. The largest absolute Gasteiger partial charge is 0.388 e. The molecule has 1 aliphatic heterocycles. The lowest BCUT2D eigenvalue weighted by Crippen LogP contribution is -2.38. The van der Waals surface area contributed by atoms with Crippen molar-refractivity contribution in [3.63, 3.8) is 0 Å². The summed E-state index contributed by atoms with van der Waals surface area (Å²) < 4.78 is 11.2. The van der Waals surface area contributed by atoms with Crippen LogP contribution in [0.4, 0.5) is 0 Å². The normalized spacial score (nSPS) is 18.0. The molecule has 3 N–H and O–H groups in total. The zero-order valence-electron chi connectivity index (χ0n) is 16.2. The summed E-state index contributed by atoms with van der Waals surface area (Å²) >= 11 is 0. The minimum atomic E-state index is -0.460. The molecule has 0 aromatic heterocycles. The number of nitrogens with one attached hydrogen (secondary N) is 2. The first-order valence-electron chi connectivity index (χ1n) is 9.74. The summed E-state index contributed by atoms with van der Waals surface area (Å²) in [5.41, 5.74) is 0.944. The highest BCUT2D eigenvalue weighted by atomic mass is 127. The topological polar surface area (TPSA) is 75.1 Å². The number of hydrogen-bond donors (Lipinski definition) is 3. The molecule has 0 saturated carbocycles. The standard InChI is InChI=1S/C20H33N3O3.HI/c1-2-21-20(22-12-7-14-25-16-18-10-6-15-26-18)23-13-11-19(24)17-8-4-3-5-9-17;/h3-5,8-9,18-19,24H,2,6-7,10-16H2,1H3,(H2,21,22,23);1H. The minimum Gasteiger partial charge on any atom is -0.388 e. The van der Waals surface area contributed by atoms with Gasteiger partial charge in [0.25, 0.3) is 0 Å². The molecule has 27 heavy (non-hydrogen) atoms. The van der Waals surface area contributed by atoms with Gasteiger partial charge in [0.2, 0.25) is 0 Å². The fourth-order valence-electron chi connectivity index (χ4n) is 2.86. The maximum Gasteiger partial charge on any atom is 0.191 e. The molecule has 0 spiro atoms. The number of benzene rings is 1. The number of aliphatic imine (C=N–C) groups is 1. The SMILES string of the molecule is CCNC(=NCCCOCC1CCCO1)NCCC(O)c1ccccc1.I. The Morgan fingerprint density at radius 3 is 2.85 bits per heavy atom. The highest BCUT2D eigenvalue weighted by Crippen LogP contribution is 2.14. The lowest BCUT2D eigenvalue weighted by Gasteiger charge is -2.14. The molecule has 0 radical (unpaired) electrons. The Hall–Kier alpha value is -0.900. The molecule has 0 aliphatic carbocycles. The third-order valence-corrected chi connectivity index (χ3v) is 4.28. The van der Waals surface area contributed by atoms with Gasteiger partial charge in [0.1, 0.15) is 0 Å². The van der Waals surface area contributed by atoms with E-state index in [0.717, 1.165) is 43.9 Å². The zero-order chi connectivity index (χ0) is 18.5. The first kappa shape index (κ1) is 24.1. The van der Waals surface area contributed by atoms with E-state index in [1.165, 1.54) is 0 Å². The number of aliphatic hydroxyl groups is 1. The van der Waals surface area contributed by atoms with E-state index in [4.69, 9.17) is 9.47 Å². The summed E-state index contributed by atoms with van der Waals surface area (Å²) in [7, 11) is 0. The van der Waals surface area contributed by atoms with Crippen molar-refractivity contribution in [2.45, 2.75) is 44.8 Å². The van der Waals surface area contributed by atoms with E-state index in [2.05, 4.69) is 15.6 Å². The third kappa shape index (κ3) is 10.3. The number of ether oxygens (including phenoxy) is 2. The van der Waals surface area contributed by atoms with Crippen LogP contribution in [0.2, 0.25) is 0 Å². The summed E-state index contributed by atoms with van der Waals surface area (Å²) in [6, 6.07) is 9.73. The van der Waals surface area contributed by atoms with Crippen LogP contribution in [0.1, 0.15) is 44.3 Å². The quantitative estimate of drug-likeness (QED) is 0.192. The van der Waals surface area contributed by atoms with Crippen LogP contribution in [-0.2, 0) is 9.47 Å². The highest BCUT2D eigenvalue weighted by Gasteiger charge is 2.14. The molecule has 154 valence electrons. The molecule has 1 saturated heterocycles. The highest BCUT2D eigenvalue weighted by molar-refractivity contribution is 14.0. The molecule has 1 aromatic rings. The summed E-state index contributed by atoms with van der Waals surface area (Å²) in [4.78, 5) is 4.55. The summed E-state index contributed by atoms with van der Waals surface area (Å²) in [5.74, 6) is 0.784. The lowest BCUT2D eigenvalue weighted by atomic mass is 10.1. The van der Waals surface area contributed by atoms with Crippen LogP contribution in [0.5, 0.6) is 0 Å². The first-order chi connectivity index (χ1) is 12.8. The van der Waals surface area contributed by atoms with E-state index >= 15 is 0 Å². The number of halogens is 1. The summed E-state index contributed by atoms with van der Waals surface area (Å²) in [6.45, 7) is 6.49. The average Bonchev–Trinajstić information content (AvgIpc) is 3.18. The molecular formula is C20H34IN3O3. The average molecular weight is 491 g/mol. The molecule has 2 rings (SSSR count). The second kappa shape index (κ2) is 15.1. The maximum atomic E-state index is 10.2.